The van der Waals surface area contributed by atoms with E-state index < -0.39 is 11.9 Å². The number of hydrogen-bond acceptors (Lipinski definition) is 3. The van der Waals surface area contributed by atoms with Crippen LogP contribution in [0, 0.1) is 5.92 Å². The molecular formula is C12H16O4. The minimum atomic E-state index is -0.818. The first kappa shape index (κ1) is 12.4. The number of aromatic hydroxyl groups is 1. The van der Waals surface area contributed by atoms with Crippen LogP contribution in [-0.4, -0.2) is 22.3 Å². The lowest BCUT2D eigenvalue weighted by Crippen LogP contribution is -2.20. The summed E-state index contributed by atoms with van der Waals surface area (Å²) in [6.07, 6.45) is 0.284. The maximum Gasteiger partial charge on any atom is 0.306 e. The number of phenols is 1. The lowest BCUT2D eigenvalue weighted by molar-refractivity contribution is -0.141. The van der Waals surface area contributed by atoms with Gasteiger partial charge in [-0.3, -0.25) is 4.79 Å². The largest absolute Gasteiger partial charge is 0.508 e. The minimum Gasteiger partial charge on any atom is -0.508 e. The molecule has 0 saturated carbocycles. The van der Waals surface area contributed by atoms with Crippen LogP contribution in [0.25, 0.3) is 0 Å². The quantitative estimate of drug-likeness (QED) is 0.805. The number of carboxylic acids is 1. The summed E-state index contributed by atoms with van der Waals surface area (Å²) in [6.45, 7) is 3.48. The highest BCUT2D eigenvalue weighted by Gasteiger charge is 2.16. The molecule has 88 valence electrons. The summed E-state index contributed by atoms with van der Waals surface area (Å²) < 4.78 is 5.52. The van der Waals surface area contributed by atoms with Gasteiger partial charge in [0.25, 0.3) is 0 Å². The van der Waals surface area contributed by atoms with Gasteiger partial charge in [0.2, 0.25) is 0 Å². The van der Waals surface area contributed by atoms with Crippen molar-refractivity contribution in [1.82, 2.24) is 0 Å². The highest BCUT2D eigenvalue weighted by atomic mass is 16.5. The third-order valence-corrected chi connectivity index (χ3v) is 2.28. The van der Waals surface area contributed by atoms with E-state index in [0.29, 0.717) is 12.2 Å². The van der Waals surface area contributed by atoms with Crippen LogP contribution >= 0.6 is 0 Å². The van der Waals surface area contributed by atoms with Crippen LogP contribution in [0.5, 0.6) is 11.5 Å². The van der Waals surface area contributed by atoms with Crippen LogP contribution < -0.4 is 4.74 Å². The van der Waals surface area contributed by atoms with Gasteiger partial charge in [-0.25, -0.2) is 0 Å². The van der Waals surface area contributed by atoms with E-state index >= 15 is 0 Å². The van der Waals surface area contributed by atoms with Crippen LogP contribution in [0.4, 0.5) is 0 Å². The zero-order chi connectivity index (χ0) is 12.1. The lowest BCUT2D eigenvalue weighted by Gasteiger charge is -2.16. The van der Waals surface area contributed by atoms with E-state index in [2.05, 4.69) is 0 Å². The Morgan fingerprint density at radius 3 is 2.38 bits per heavy atom. The Morgan fingerprint density at radius 1 is 1.31 bits per heavy atom. The summed E-state index contributed by atoms with van der Waals surface area (Å²) in [7, 11) is 0. The molecule has 1 aromatic carbocycles. The fraction of sp³-hybridized carbons (Fsp3) is 0.417. The molecule has 4 heteroatoms. The second kappa shape index (κ2) is 5.39. The van der Waals surface area contributed by atoms with Gasteiger partial charge in [-0.05, 0) is 37.6 Å². The molecular weight excluding hydrogens is 208 g/mol. The Kier molecular flexibility index (Phi) is 4.17. The zero-order valence-corrected chi connectivity index (χ0v) is 9.38. The lowest BCUT2D eigenvalue weighted by atomic mass is 10.1. The Balaban J connectivity index is 2.48. The van der Waals surface area contributed by atoms with Gasteiger partial charge in [-0.1, -0.05) is 6.92 Å². The molecule has 0 saturated heterocycles. The maximum absolute atomic E-state index is 10.6. The summed E-state index contributed by atoms with van der Waals surface area (Å²) >= 11 is 0. The molecule has 0 aromatic heterocycles. The van der Waals surface area contributed by atoms with Crippen LogP contribution in [0.3, 0.4) is 0 Å². The number of carbonyl (C=O) groups is 1. The van der Waals surface area contributed by atoms with Crippen LogP contribution in [-0.2, 0) is 4.79 Å². The van der Waals surface area contributed by atoms with Crippen molar-refractivity contribution in [3.8, 4) is 11.5 Å². The third-order valence-electron chi connectivity index (χ3n) is 2.28. The van der Waals surface area contributed by atoms with Crippen molar-refractivity contribution in [1.29, 1.82) is 0 Å². The van der Waals surface area contributed by atoms with Gasteiger partial charge in [0.1, 0.15) is 11.5 Å². The van der Waals surface area contributed by atoms with Crippen molar-refractivity contribution in [3.63, 3.8) is 0 Å². The molecule has 16 heavy (non-hydrogen) atoms. The molecule has 0 spiro atoms. The molecule has 0 bridgehead atoms. The normalized spacial score (nSPS) is 14.1. The molecule has 1 rings (SSSR count). The summed E-state index contributed by atoms with van der Waals surface area (Å²) in [5.74, 6) is -0.435. The highest BCUT2D eigenvalue weighted by molar-refractivity contribution is 5.69. The van der Waals surface area contributed by atoms with Gasteiger partial charge in [0.05, 0.1) is 12.0 Å². The summed E-state index contributed by atoms with van der Waals surface area (Å²) in [5.41, 5.74) is 0. The van der Waals surface area contributed by atoms with E-state index in [1.165, 1.54) is 12.1 Å². The van der Waals surface area contributed by atoms with E-state index in [9.17, 15) is 4.79 Å². The van der Waals surface area contributed by atoms with E-state index in [0.717, 1.165) is 0 Å². The third kappa shape index (κ3) is 3.81. The second-order valence-corrected chi connectivity index (χ2v) is 3.90. The topological polar surface area (TPSA) is 66.8 Å². The molecule has 0 aliphatic heterocycles. The number of carboxylic acid groups (broad SMARTS) is 1. The first-order chi connectivity index (χ1) is 7.49. The number of benzene rings is 1. The van der Waals surface area contributed by atoms with E-state index in [-0.39, 0.29) is 11.9 Å². The number of ether oxygens (including phenoxy) is 1. The predicted octanol–water partition coefficient (Wildman–Crippen LogP) is 2.27. The monoisotopic (exact) mass is 224 g/mol. The van der Waals surface area contributed by atoms with E-state index in [1.807, 2.05) is 6.92 Å². The minimum absolute atomic E-state index is 0.171. The predicted molar refractivity (Wildman–Crippen MR) is 59.6 cm³/mol. The Hall–Kier alpha value is -1.71. The first-order valence-corrected chi connectivity index (χ1v) is 5.17. The van der Waals surface area contributed by atoms with Crippen LogP contribution in [0.1, 0.15) is 20.3 Å². The van der Waals surface area contributed by atoms with Gasteiger partial charge in [-0.2, -0.15) is 0 Å². The average Bonchev–Trinajstić information content (AvgIpc) is 2.21. The molecule has 1 aromatic rings. The van der Waals surface area contributed by atoms with Crippen molar-refractivity contribution < 1.29 is 19.7 Å². The molecule has 0 fully saturated rings. The molecule has 4 nitrogen and oxygen atoms in total. The number of aliphatic carboxylic acids is 1. The molecule has 0 radical (unpaired) electrons. The van der Waals surface area contributed by atoms with E-state index in [4.69, 9.17) is 14.9 Å². The van der Waals surface area contributed by atoms with Crippen LogP contribution in [0.2, 0.25) is 0 Å². The molecule has 2 atom stereocenters. The SMILES string of the molecule is CC(CC(C)C(=O)O)Oc1ccc(O)cc1. The average molecular weight is 224 g/mol. The number of phenolic OH excluding ortho intramolecular Hbond substituents is 1. The Labute approximate surface area is 94.5 Å². The van der Waals surface area contributed by atoms with Gasteiger partial charge >= 0.3 is 5.97 Å². The smallest absolute Gasteiger partial charge is 0.306 e. The van der Waals surface area contributed by atoms with Crippen LogP contribution in [0.15, 0.2) is 24.3 Å². The summed E-state index contributed by atoms with van der Waals surface area (Å²) in [5, 5.41) is 17.8. The fourth-order valence-electron chi connectivity index (χ4n) is 1.40. The molecule has 0 aliphatic rings. The number of hydrogen-bond donors (Lipinski definition) is 2. The Bertz CT molecular complexity index is 345. The van der Waals surface area contributed by atoms with Gasteiger partial charge in [-0.15, -0.1) is 0 Å². The first-order valence-electron chi connectivity index (χ1n) is 5.17. The van der Waals surface area contributed by atoms with Gasteiger partial charge < -0.3 is 14.9 Å². The van der Waals surface area contributed by atoms with Crippen molar-refractivity contribution in [2.45, 2.75) is 26.4 Å². The van der Waals surface area contributed by atoms with Crippen molar-refractivity contribution in [2.75, 3.05) is 0 Å². The molecule has 2 N–H and O–H groups in total. The molecule has 0 aliphatic carbocycles. The van der Waals surface area contributed by atoms with Gasteiger partial charge in [0, 0.05) is 0 Å². The Morgan fingerprint density at radius 2 is 1.88 bits per heavy atom. The molecule has 0 heterocycles. The number of rotatable bonds is 5. The van der Waals surface area contributed by atoms with E-state index in [1.54, 1.807) is 19.1 Å². The standard InChI is InChI=1S/C12H16O4/c1-8(12(14)15)7-9(2)16-11-5-3-10(13)4-6-11/h3-6,8-9,13H,7H2,1-2H3,(H,14,15). The molecule has 2 unspecified atom stereocenters. The summed E-state index contributed by atoms with van der Waals surface area (Å²) in [4.78, 5) is 10.6. The zero-order valence-electron chi connectivity index (χ0n) is 9.38. The highest BCUT2D eigenvalue weighted by Crippen LogP contribution is 2.19. The maximum atomic E-state index is 10.6. The van der Waals surface area contributed by atoms with Crippen molar-refractivity contribution in [3.05, 3.63) is 24.3 Å². The van der Waals surface area contributed by atoms with Crippen molar-refractivity contribution in [2.24, 2.45) is 5.92 Å². The fourth-order valence-corrected chi connectivity index (χ4v) is 1.40. The molecule has 0 amide bonds. The van der Waals surface area contributed by atoms with Gasteiger partial charge in [0.15, 0.2) is 0 Å². The van der Waals surface area contributed by atoms with Crippen molar-refractivity contribution >= 4 is 5.97 Å². The summed E-state index contributed by atoms with van der Waals surface area (Å²) in [6, 6.07) is 6.36. The second-order valence-electron chi connectivity index (χ2n) is 3.90.